The molecule has 0 unspecified atom stereocenters. The van der Waals surface area contributed by atoms with Crippen LogP contribution in [0.15, 0.2) is 33.5 Å². The molecule has 4 nitrogen and oxygen atoms in total. The maximum Gasteiger partial charge on any atom is 0.336 e. The number of hydrogen-bond acceptors (Lipinski definition) is 3. The topological polar surface area (TPSA) is 59.3 Å². The Morgan fingerprint density at radius 3 is 2.79 bits per heavy atom. The molecule has 0 spiro atoms. The van der Waals surface area contributed by atoms with Gasteiger partial charge in [-0.25, -0.2) is 4.79 Å². The number of benzene rings is 1. The Labute approximate surface area is 111 Å². The largest absolute Gasteiger partial charge is 0.423 e. The second-order valence-electron chi connectivity index (χ2n) is 4.76. The van der Waals surface area contributed by atoms with E-state index in [1.165, 1.54) is 6.07 Å². The quantitative estimate of drug-likeness (QED) is 0.862. The van der Waals surface area contributed by atoms with Gasteiger partial charge in [-0.1, -0.05) is 13.8 Å². The Morgan fingerprint density at radius 2 is 2.11 bits per heavy atom. The lowest BCUT2D eigenvalue weighted by molar-refractivity contribution is -0.119. The predicted octanol–water partition coefficient (Wildman–Crippen LogP) is 3.09. The van der Waals surface area contributed by atoms with Crippen LogP contribution in [0.2, 0.25) is 0 Å². The zero-order valence-corrected chi connectivity index (χ0v) is 11.3. The van der Waals surface area contributed by atoms with Crippen molar-refractivity contribution in [1.29, 1.82) is 0 Å². The van der Waals surface area contributed by atoms with E-state index in [0.717, 1.165) is 17.4 Å². The number of anilines is 1. The minimum absolute atomic E-state index is 0.0307. The summed E-state index contributed by atoms with van der Waals surface area (Å²) in [4.78, 5) is 23.1. The molecule has 4 heteroatoms. The third-order valence-electron chi connectivity index (χ3n) is 3.28. The molecule has 0 aliphatic heterocycles. The van der Waals surface area contributed by atoms with Crippen LogP contribution in [0.25, 0.3) is 11.0 Å². The number of hydrogen-bond donors (Lipinski definition) is 1. The van der Waals surface area contributed by atoms with Crippen molar-refractivity contribution in [3.63, 3.8) is 0 Å². The van der Waals surface area contributed by atoms with Crippen molar-refractivity contribution in [2.45, 2.75) is 27.2 Å². The van der Waals surface area contributed by atoms with E-state index in [0.29, 0.717) is 11.3 Å². The van der Waals surface area contributed by atoms with Gasteiger partial charge in [0, 0.05) is 29.1 Å². The summed E-state index contributed by atoms with van der Waals surface area (Å²) in [5, 5.41) is 3.70. The highest BCUT2D eigenvalue weighted by atomic mass is 16.4. The van der Waals surface area contributed by atoms with E-state index < -0.39 is 0 Å². The highest BCUT2D eigenvalue weighted by molar-refractivity contribution is 5.94. The van der Waals surface area contributed by atoms with Gasteiger partial charge in [-0.15, -0.1) is 0 Å². The third kappa shape index (κ3) is 2.84. The summed E-state index contributed by atoms with van der Waals surface area (Å²) in [6, 6.07) is 6.80. The number of carbonyl (C=O) groups is 1. The van der Waals surface area contributed by atoms with Gasteiger partial charge in [0.1, 0.15) is 5.58 Å². The highest BCUT2D eigenvalue weighted by Crippen LogP contribution is 2.21. The summed E-state index contributed by atoms with van der Waals surface area (Å²) >= 11 is 0. The Bertz CT molecular complexity index is 673. The number of rotatable bonds is 3. The van der Waals surface area contributed by atoms with Gasteiger partial charge in [-0.05, 0) is 31.0 Å². The predicted molar refractivity (Wildman–Crippen MR) is 75.3 cm³/mol. The lowest BCUT2D eigenvalue weighted by Gasteiger charge is -2.10. The molecule has 1 atom stereocenters. The Morgan fingerprint density at radius 1 is 1.37 bits per heavy atom. The second kappa shape index (κ2) is 5.26. The molecule has 0 fully saturated rings. The van der Waals surface area contributed by atoms with E-state index in [1.54, 1.807) is 6.07 Å². The number of carbonyl (C=O) groups excluding carboxylic acids is 1. The summed E-state index contributed by atoms with van der Waals surface area (Å²) in [6.07, 6.45) is 0.785. The fourth-order valence-corrected chi connectivity index (χ4v) is 1.85. The van der Waals surface area contributed by atoms with Crippen LogP contribution < -0.4 is 10.9 Å². The van der Waals surface area contributed by atoms with Crippen molar-refractivity contribution in [1.82, 2.24) is 0 Å². The van der Waals surface area contributed by atoms with Crippen LogP contribution in [-0.2, 0) is 4.79 Å². The maximum atomic E-state index is 11.8. The first-order chi connectivity index (χ1) is 9.01. The summed E-state index contributed by atoms with van der Waals surface area (Å²) in [6.45, 7) is 5.70. The van der Waals surface area contributed by atoms with E-state index in [4.69, 9.17) is 4.42 Å². The molecule has 1 aromatic carbocycles. The summed E-state index contributed by atoms with van der Waals surface area (Å²) in [5.74, 6) is -0.0722. The zero-order chi connectivity index (χ0) is 14.0. The van der Waals surface area contributed by atoms with Gasteiger partial charge in [-0.3, -0.25) is 4.79 Å². The first kappa shape index (κ1) is 13.3. The normalized spacial score (nSPS) is 12.4. The molecule has 0 radical (unpaired) electrons. The lowest BCUT2D eigenvalue weighted by atomic mass is 10.1. The molecule has 0 saturated carbocycles. The van der Waals surface area contributed by atoms with Crippen molar-refractivity contribution in [3.8, 4) is 0 Å². The van der Waals surface area contributed by atoms with Crippen molar-refractivity contribution >= 4 is 22.6 Å². The highest BCUT2D eigenvalue weighted by Gasteiger charge is 2.11. The van der Waals surface area contributed by atoms with Gasteiger partial charge in [-0.2, -0.15) is 0 Å². The van der Waals surface area contributed by atoms with Gasteiger partial charge in [0.05, 0.1) is 0 Å². The fraction of sp³-hybridized carbons (Fsp3) is 0.333. The minimum Gasteiger partial charge on any atom is -0.423 e. The van der Waals surface area contributed by atoms with Crippen LogP contribution in [0.1, 0.15) is 25.8 Å². The first-order valence-electron chi connectivity index (χ1n) is 6.36. The molecule has 0 aliphatic rings. The second-order valence-corrected chi connectivity index (χ2v) is 4.76. The molecule has 0 aliphatic carbocycles. The number of fused-ring (bicyclic) bond motifs is 1. The lowest BCUT2D eigenvalue weighted by Crippen LogP contribution is -2.19. The Balaban J connectivity index is 2.37. The van der Waals surface area contributed by atoms with Gasteiger partial charge >= 0.3 is 5.63 Å². The molecule has 19 heavy (non-hydrogen) atoms. The van der Waals surface area contributed by atoms with Crippen molar-refractivity contribution in [3.05, 3.63) is 40.2 Å². The molecule has 1 amide bonds. The van der Waals surface area contributed by atoms with Crippen molar-refractivity contribution < 1.29 is 9.21 Å². The number of aryl methyl sites for hydroxylation is 1. The smallest absolute Gasteiger partial charge is 0.336 e. The van der Waals surface area contributed by atoms with Crippen LogP contribution in [0.3, 0.4) is 0 Å². The van der Waals surface area contributed by atoms with Crippen LogP contribution in [-0.4, -0.2) is 5.91 Å². The van der Waals surface area contributed by atoms with Crippen LogP contribution in [0.5, 0.6) is 0 Å². The SMILES string of the molecule is CC[C@H](C)C(=O)Nc1ccc2c(C)cc(=O)oc2c1. The van der Waals surface area contributed by atoms with Crippen LogP contribution in [0, 0.1) is 12.8 Å². The Hall–Kier alpha value is -2.10. The Kier molecular flexibility index (Phi) is 3.69. The molecule has 2 rings (SSSR count). The first-order valence-corrected chi connectivity index (χ1v) is 6.36. The van der Waals surface area contributed by atoms with Crippen molar-refractivity contribution in [2.24, 2.45) is 5.92 Å². The van der Waals surface area contributed by atoms with Gasteiger partial charge in [0.15, 0.2) is 0 Å². The molecule has 100 valence electrons. The molecule has 0 saturated heterocycles. The number of nitrogens with one attached hydrogen (secondary N) is 1. The molecule has 1 heterocycles. The van der Waals surface area contributed by atoms with E-state index in [-0.39, 0.29) is 17.5 Å². The average molecular weight is 259 g/mol. The van der Waals surface area contributed by atoms with Gasteiger partial charge < -0.3 is 9.73 Å². The van der Waals surface area contributed by atoms with E-state index in [9.17, 15) is 9.59 Å². The van der Waals surface area contributed by atoms with Crippen LogP contribution in [0.4, 0.5) is 5.69 Å². The third-order valence-corrected chi connectivity index (χ3v) is 3.28. The zero-order valence-electron chi connectivity index (χ0n) is 11.3. The van der Waals surface area contributed by atoms with Crippen molar-refractivity contribution in [2.75, 3.05) is 5.32 Å². The average Bonchev–Trinajstić information content (AvgIpc) is 2.36. The molecule has 0 bridgehead atoms. The summed E-state index contributed by atoms with van der Waals surface area (Å²) < 4.78 is 5.14. The van der Waals surface area contributed by atoms with E-state index >= 15 is 0 Å². The monoisotopic (exact) mass is 259 g/mol. The van der Waals surface area contributed by atoms with E-state index in [2.05, 4.69) is 5.32 Å². The van der Waals surface area contributed by atoms with Gasteiger partial charge in [0.2, 0.25) is 5.91 Å². The summed E-state index contributed by atoms with van der Waals surface area (Å²) in [7, 11) is 0. The van der Waals surface area contributed by atoms with Gasteiger partial charge in [0.25, 0.3) is 0 Å². The molecular formula is C15H17NO3. The molecule has 1 N–H and O–H groups in total. The molecule has 2 aromatic rings. The van der Waals surface area contributed by atoms with E-state index in [1.807, 2.05) is 32.9 Å². The standard InChI is InChI=1S/C15H17NO3/c1-4-9(2)15(18)16-11-5-6-12-10(3)7-14(17)19-13(12)8-11/h5-9H,4H2,1-3H3,(H,16,18)/t9-/m0/s1. The summed E-state index contributed by atoms with van der Waals surface area (Å²) in [5.41, 5.74) is 1.62. The fourth-order valence-electron chi connectivity index (χ4n) is 1.85. The number of amides is 1. The van der Waals surface area contributed by atoms with Crippen LogP contribution >= 0.6 is 0 Å². The minimum atomic E-state index is -0.379. The molecule has 1 aromatic heterocycles. The molecular weight excluding hydrogens is 242 g/mol. The maximum absolute atomic E-state index is 11.8.